The van der Waals surface area contributed by atoms with E-state index in [1.807, 2.05) is 0 Å². The molecule has 0 radical (unpaired) electrons. The van der Waals surface area contributed by atoms with Crippen LogP contribution in [0.5, 0.6) is 0 Å². The zero-order valence-corrected chi connectivity index (χ0v) is 26.3. The minimum absolute atomic E-state index is 0.0965. The molecule has 0 bridgehead atoms. The Morgan fingerprint density at radius 3 is 1.56 bits per heavy atom. The Balaban J connectivity index is 3.73. The fourth-order valence-corrected chi connectivity index (χ4v) is 4.12. The molecule has 0 amide bonds. The van der Waals surface area contributed by atoms with Gasteiger partial charge in [0.1, 0.15) is 6.61 Å². The standard InChI is InChI=1S/C36H60O5/c1-3-5-7-9-11-13-15-16-17-18-19-20-21-23-24-26-28-30-35(38)40-33-34(32-37)41-36(39)31-29-27-25-22-14-12-10-8-6-4-2/h5,7,11,13,16-17,19-20,23-24,34,37H,3-4,6,8-10,12,14-15,18,21-22,25-33H2,1-2H3/b7-5+,13-11+,17-16+,20-19+,24-23+/t34-/m0/s1. The molecule has 0 unspecified atom stereocenters. The topological polar surface area (TPSA) is 72.8 Å². The van der Waals surface area contributed by atoms with Crippen molar-refractivity contribution in [1.82, 2.24) is 0 Å². The van der Waals surface area contributed by atoms with Gasteiger partial charge in [0.05, 0.1) is 6.61 Å². The molecule has 0 aliphatic carbocycles. The Kier molecular flexibility index (Phi) is 30.2. The van der Waals surface area contributed by atoms with Gasteiger partial charge in [-0.25, -0.2) is 0 Å². The van der Waals surface area contributed by atoms with E-state index >= 15 is 0 Å². The molecule has 0 aliphatic heterocycles. The van der Waals surface area contributed by atoms with Crippen LogP contribution in [0.3, 0.4) is 0 Å². The van der Waals surface area contributed by atoms with Gasteiger partial charge in [0.15, 0.2) is 6.10 Å². The summed E-state index contributed by atoms with van der Waals surface area (Å²) in [6.07, 6.45) is 39.9. The summed E-state index contributed by atoms with van der Waals surface area (Å²) in [6.45, 7) is 3.93. The fourth-order valence-electron chi connectivity index (χ4n) is 4.12. The minimum atomic E-state index is -0.791. The first kappa shape index (κ1) is 38.6. The summed E-state index contributed by atoms with van der Waals surface area (Å²) in [5, 5.41) is 9.47. The van der Waals surface area contributed by atoms with Crippen LogP contribution >= 0.6 is 0 Å². The molecule has 0 rings (SSSR count). The van der Waals surface area contributed by atoms with Crippen molar-refractivity contribution in [3.05, 3.63) is 60.8 Å². The van der Waals surface area contributed by atoms with Gasteiger partial charge in [-0.2, -0.15) is 0 Å². The molecule has 0 aliphatic rings. The molecular formula is C36H60O5. The molecular weight excluding hydrogens is 512 g/mol. The number of aliphatic hydroxyl groups excluding tert-OH is 1. The maximum absolute atomic E-state index is 12.0. The molecule has 0 spiro atoms. The van der Waals surface area contributed by atoms with Crippen LogP contribution in [0.25, 0.3) is 0 Å². The van der Waals surface area contributed by atoms with Gasteiger partial charge in [0, 0.05) is 12.8 Å². The third-order valence-electron chi connectivity index (χ3n) is 6.58. The van der Waals surface area contributed by atoms with Crippen molar-refractivity contribution in [1.29, 1.82) is 0 Å². The van der Waals surface area contributed by atoms with Crippen molar-refractivity contribution >= 4 is 11.9 Å². The summed E-state index contributed by atoms with van der Waals surface area (Å²) in [5.74, 6) is -0.667. The third-order valence-corrected chi connectivity index (χ3v) is 6.58. The molecule has 5 nitrogen and oxygen atoms in total. The van der Waals surface area contributed by atoms with Gasteiger partial charge in [0.25, 0.3) is 0 Å². The van der Waals surface area contributed by atoms with Crippen LogP contribution in [0.4, 0.5) is 0 Å². The number of unbranched alkanes of at least 4 members (excludes halogenated alkanes) is 10. The minimum Gasteiger partial charge on any atom is -0.462 e. The van der Waals surface area contributed by atoms with E-state index in [0.717, 1.165) is 57.8 Å². The van der Waals surface area contributed by atoms with Crippen molar-refractivity contribution < 1.29 is 24.2 Å². The molecule has 5 heteroatoms. The third kappa shape index (κ3) is 30.4. The summed E-state index contributed by atoms with van der Waals surface area (Å²) in [6, 6.07) is 0. The number of hydrogen-bond donors (Lipinski definition) is 1. The zero-order chi connectivity index (χ0) is 30.1. The Bertz CT molecular complexity index is 747. The summed E-state index contributed by atoms with van der Waals surface area (Å²) < 4.78 is 10.5. The second-order valence-corrected chi connectivity index (χ2v) is 10.5. The number of carbonyl (C=O) groups excluding carboxylic acids is 2. The average Bonchev–Trinajstić information content (AvgIpc) is 2.97. The summed E-state index contributed by atoms with van der Waals surface area (Å²) in [7, 11) is 0. The lowest BCUT2D eigenvalue weighted by molar-refractivity contribution is -0.161. The van der Waals surface area contributed by atoms with Crippen molar-refractivity contribution in [2.75, 3.05) is 13.2 Å². The lowest BCUT2D eigenvalue weighted by Gasteiger charge is -2.15. The normalized spacial score (nSPS) is 13.0. The van der Waals surface area contributed by atoms with Crippen molar-refractivity contribution in [3.8, 4) is 0 Å². The van der Waals surface area contributed by atoms with E-state index < -0.39 is 6.10 Å². The molecule has 0 heterocycles. The first-order chi connectivity index (χ1) is 20.1. The van der Waals surface area contributed by atoms with E-state index in [2.05, 4.69) is 74.6 Å². The first-order valence-electron chi connectivity index (χ1n) is 16.3. The van der Waals surface area contributed by atoms with Crippen molar-refractivity contribution in [3.63, 3.8) is 0 Å². The summed E-state index contributed by atoms with van der Waals surface area (Å²) in [5.41, 5.74) is 0. The molecule has 1 atom stereocenters. The van der Waals surface area contributed by atoms with Crippen molar-refractivity contribution in [2.45, 2.75) is 142 Å². The SMILES string of the molecule is CC/C=C/C/C=C/C/C=C/C/C=C/C/C=C/CCCC(=O)OC[C@H](CO)OC(=O)CCCCCCCCCCCC. The fraction of sp³-hybridized carbons (Fsp3) is 0.667. The zero-order valence-electron chi connectivity index (χ0n) is 26.3. The number of allylic oxidation sites excluding steroid dienone is 10. The number of hydrogen-bond acceptors (Lipinski definition) is 5. The smallest absolute Gasteiger partial charge is 0.306 e. The highest BCUT2D eigenvalue weighted by atomic mass is 16.6. The Morgan fingerprint density at radius 1 is 0.585 bits per heavy atom. The van der Waals surface area contributed by atoms with Crippen LogP contribution in [-0.2, 0) is 19.1 Å². The number of rotatable bonds is 28. The maximum atomic E-state index is 12.0. The molecule has 0 fully saturated rings. The number of carbonyl (C=O) groups is 2. The highest BCUT2D eigenvalue weighted by molar-refractivity contribution is 5.70. The quantitative estimate of drug-likeness (QED) is 0.0574. The molecule has 0 saturated heterocycles. The molecule has 0 aromatic carbocycles. The monoisotopic (exact) mass is 572 g/mol. The molecule has 0 saturated carbocycles. The maximum Gasteiger partial charge on any atom is 0.306 e. The van der Waals surface area contributed by atoms with Crippen LogP contribution in [0, 0.1) is 0 Å². The molecule has 41 heavy (non-hydrogen) atoms. The summed E-state index contributed by atoms with van der Waals surface area (Å²) >= 11 is 0. The van der Waals surface area contributed by atoms with Gasteiger partial charge in [-0.3, -0.25) is 9.59 Å². The highest BCUT2D eigenvalue weighted by Gasteiger charge is 2.15. The van der Waals surface area contributed by atoms with E-state index in [4.69, 9.17) is 9.47 Å². The van der Waals surface area contributed by atoms with Crippen molar-refractivity contribution in [2.24, 2.45) is 0 Å². The van der Waals surface area contributed by atoms with Gasteiger partial charge in [-0.05, 0) is 51.4 Å². The molecule has 0 aromatic rings. The van der Waals surface area contributed by atoms with Crippen LogP contribution in [-0.4, -0.2) is 36.4 Å². The summed E-state index contributed by atoms with van der Waals surface area (Å²) in [4.78, 5) is 24.0. The van der Waals surface area contributed by atoms with E-state index in [1.54, 1.807) is 0 Å². The predicted octanol–water partition coefficient (Wildman–Crippen LogP) is 9.67. The molecule has 234 valence electrons. The Hall–Kier alpha value is -2.40. The lowest BCUT2D eigenvalue weighted by atomic mass is 10.1. The average molecular weight is 573 g/mol. The largest absolute Gasteiger partial charge is 0.462 e. The van der Waals surface area contributed by atoms with Crippen LogP contribution in [0.15, 0.2) is 60.8 Å². The molecule has 1 N–H and O–H groups in total. The lowest BCUT2D eigenvalue weighted by Crippen LogP contribution is -2.28. The molecule has 0 aromatic heterocycles. The highest BCUT2D eigenvalue weighted by Crippen LogP contribution is 2.12. The second kappa shape index (κ2) is 32.1. The van der Waals surface area contributed by atoms with Crippen LogP contribution in [0.1, 0.15) is 136 Å². The number of ether oxygens (including phenoxy) is 2. The van der Waals surface area contributed by atoms with E-state index in [1.165, 1.54) is 44.9 Å². The van der Waals surface area contributed by atoms with Crippen LogP contribution in [0.2, 0.25) is 0 Å². The van der Waals surface area contributed by atoms with Gasteiger partial charge in [0.2, 0.25) is 0 Å². The van der Waals surface area contributed by atoms with E-state index in [-0.39, 0.29) is 25.2 Å². The van der Waals surface area contributed by atoms with Gasteiger partial charge >= 0.3 is 11.9 Å². The Labute approximate surface area is 251 Å². The number of esters is 2. The van der Waals surface area contributed by atoms with Gasteiger partial charge < -0.3 is 14.6 Å². The van der Waals surface area contributed by atoms with Crippen LogP contribution < -0.4 is 0 Å². The van der Waals surface area contributed by atoms with E-state index in [0.29, 0.717) is 19.3 Å². The van der Waals surface area contributed by atoms with Gasteiger partial charge in [-0.15, -0.1) is 0 Å². The van der Waals surface area contributed by atoms with E-state index in [9.17, 15) is 14.7 Å². The Morgan fingerprint density at radius 2 is 1.05 bits per heavy atom. The first-order valence-corrected chi connectivity index (χ1v) is 16.3. The second-order valence-electron chi connectivity index (χ2n) is 10.5. The van der Waals surface area contributed by atoms with Gasteiger partial charge in [-0.1, -0.05) is 132 Å². The predicted molar refractivity (Wildman–Crippen MR) is 173 cm³/mol. The number of aliphatic hydroxyl groups is 1.